The standard InChI is InChI=1S/C25H34N6O/c1-19-9-14-30(15-10-19)24-27-22-11-16-31(25(32)26-17-20-7-3-2-4-8-20)18-21(22)23(28-24)29-12-5-6-13-29/h2-4,7-8,19H,5-6,9-18H2,1H3,(H,26,32). The van der Waals surface area contributed by atoms with E-state index in [9.17, 15) is 4.79 Å². The lowest BCUT2D eigenvalue weighted by Crippen LogP contribution is -2.43. The summed E-state index contributed by atoms with van der Waals surface area (Å²) < 4.78 is 0. The molecule has 0 bridgehead atoms. The summed E-state index contributed by atoms with van der Waals surface area (Å²) >= 11 is 0. The SMILES string of the molecule is CC1CCN(c2nc3c(c(N4CCCC4)n2)CN(C(=O)NCc2ccccc2)CC3)CC1. The zero-order valence-corrected chi connectivity index (χ0v) is 19.1. The Morgan fingerprint density at radius 1 is 1.00 bits per heavy atom. The Morgan fingerprint density at radius 3 is 2.50 bits per heavy atom. The summed E-state index contributed by atoms with van der Waals surface area (Å²) in [5, 5.41) is 3.08. The van der Waals surface area contributed by atoms with Gasteiger partial charge in [0.2, 0.25) is 5.95 Å². The van der Waals surface area contributed by atoms with E-state index in [1.54, 1.807) is 0 Å². The molecule has 32 heavy (non-hydrogen) atoms. The molecule has 170 valence electrons. The molecule has 0 radical (unpaired) electrons. The lowest BCUT2D eigenvalue weighted by molar-refractivity contribution is 0.191. The van der Waals surface area contributed by atoms with Crippen LogP contribution in [0.1, 0.15) is 49.4 Å². The number of piperidine rings is 1. The smallest absolute Gasteiger partial charge is 0.317 e. The van der Waals surface area contributed by atoms with E-state index in [0.717, 1.165) is 67.1 Å². The minimum atomic E-state index is -0.0130. The van der Waals surface area contributed by atoms with Crippen molar-refractivity contribution >= 4 is 17.8 Å². The van der Waals surface area contributed by atoms with Gasteiger partial charge in [0.25, 0.3) is 0 Å². The summed E-state index contributed by atoms with van der Waals surface area (Å²) in [4.78, 5) is 29.7. The van der Waals surface area contributed by atoms with E-state index in [1.807, 2.05) is 35.2 Å². The summed E-state index contributed by atoms with van der Waals surface area (Å²) in [5.41, 5.74) is 3.38. The molecule has 1 aromatic heterocycles. The number of fused-ring (bicyclic) bond motifs is 1. The first-order chi connectivity index (χ1) is 15.7. The highest BCUT2D eigenvalue weighted by Crippen LogP contribution is 2.32. The molecule has 7 nitrogen and oxygen atoms in total. The fraction of sp³-hybridized carbons (Fsp3) is 0.560. The Balaban J connectivity index is 1.35. The third-order valence-corrected chi connectivity index (χ3v) is 7.07. The summed E-state index contributed by atoms with van der Waals surface area (Å²) in [6, 6.07) is 10.0. The van der Waals surface area contributed by atoms with Crippen molar-refractivity contribution in [1.82, 2.24) is 20.2 Å². The Morgan fingerprint density at radius 2 is 1.75 bits per heavy atom. The van der Waals surface area contributed by atoms with Crippen LogP contribution < -0.4 is 15.1 Å². The Bertz CT molecular complexity index is 935. The highest BCUT2D eigenvalue weighted by molar-refractivity contribution is 5.75. The van der Waals surface area contributed by atoms with E-state index in [0.29, 0.717) is 19.6 Å². The maximum Gasteiger partial charge on any atom is 0.317 e. The van der Waals surface area contributed by atoms with Crippen molar-refractivity contribution in [1.29, 1.82) is 0 Å². The van der Waals surface area contributed by atoms with Gasteiger partial charge in [0.15, 0.2) is 0 Å². The number of carbonyl (C=O) groups excluding carboxylic acids is 1. The van der Waals surface area contributed by atoms with E-state index in [4.69, 9.17) is 9.97 Å². The van der Waals surface area contributed by atoms with Gasteiger partial charge < -0.3 is 20.0 Å². The van der Waals surface area contributed by atoms with Crippen molar-refractivity contribution in [3.8, 4) is 0 Å². The van der Waals surface area contributed by atoms with Crippen LogP contribution in [0.25, 0.3) is 0 Å². The molecule has 1 aromatic carbocycles. The molecule has 4 heterocycles. The lowest BCUT2D eigenvalue weighted by Gasteiger charge is -2.35. The second-order valence-corrected chi connectivity index (χ2v) is 9.45. The number of hydrogen-bond donors (Lipinski definition) is 1. The quantitative estimate of drug-likeness (QED) is 0.797. The number of anilines is 2. The summed E-state index contributed by atoms with van der Waals surface area (Å²) in [7, 11) is 0. The Labute approximate surface area is 190 Å². The van der Waals surface area contributed by atoms with Gasteiger partial charge in [0.1, 0.15) is 5.82 Å². The predicted molar refractivity (Wildman–Crippen MR) is 127 cm³/mol. The van der Waals surface area contributed by atoms with Gasteiger partial charge in [-0.3, -0.25) is 0 Å². The molecule has 7 heteroatoms. The molecule has 2 amide bonds. The summed E-state index contributed by atoms with van der Waals surface area (Å²) in [6.07, 6.45) is 5.60. The minimum absolute atomic E-state index is 0.0130. The van der Waals surface area contributed by atoms with Crippen LogP contribution in [-0.4, -0.2) is 53.6 Å². The van der Waals surface area contributed by atoms with Gasteiger partial charge in [-0.2, -0.15) is 4.98 Å². The van der Waals surface area contributed by atoms with Gasteiger partial charge in [-0.1, -0.05) is 37.3 Å². The van der Waals surface area contributed by atoms with Gasteiger partial charge in [0.05, 0.1) is 12.2 Å². The molecule has 0 aliphatic carbocycles. The van der Waals surface area contributed by atoms with E-state index >= 15 is 0 Å². The first-order valence-electron chi connectivity index (χ1n) is 12.1. The number of benzene rings is 1. The number of nitrogens with one attached hydrogen (secondary N) is 1. The first kappa shape index (κ1) is 21.0. The van der Waals surface area contributed by atoms with Crippen LogP contribution >= 0.6 is 0 Å². The van der Waals surface area contributed by atoms with Crippen LogP contribution in [0.5, 0.6) is 0 Å². The molecule has 1 N–H and O–H groups in total. The van der Waals surface area contributed by atoms with Gasteiger partial charge in [0, 0.05) is 51.3 Å². The van der Waals surface area contributed by atoms with Crippen molar-refractivity contribution in [3.05, 3.63) is 47.2 Å². The molecule has 0 saturated carbocycles. The van der Waals surface area contributed by atoms with Crippen LogP contribution in [0.15, 0.2) is 30.3 Å². The monoisotopic (exact) mass is 434 g/mol. The second kappa shape index (κ2) is 9.35. The zero-order valence-electron chi connectivity index (χ0n) is 19.1. The molecule has 3 aliphatic rings. The van der Waals surface area contributed by atoms with Crippen LogP contribution in [0.4, 0.5) is 16.6 Å². The highest BCUT2D eigenvalue weighted by Gasteiger charge is 2.30. The molecular weight excluding hydrogens is 400 g/mol. The fourth-order valence-electron chi connectivity index (χ4n) is 4.98. The molecule has 2 saturated heterocycles. The van der Waals surface area contributed by atoms with Crippen molar-refractivity contribution in [2.24, 2.45) is 5.92 Å². The topological polar surface area (TPSA) is 64.6 Å². The Hall–Kier alpha value is -2.83. The zero-order chi connectivity index (χ0) is 21.9. The number of urea groups is 1. The van der Waals surface area contributed by atoms with Crippen molar-refractivity contribution in [2.75, 3.05) is 42.5 Å². The van der Waals surface area contributed by atoms with Crippen molar-refractivity contribution in [2.45, 2.75) is 52.1 Å². The lowest BCUT2D eigenvalue weighted by atomic mass is 9.99. The minimum Gasteiger partial charge on any atom is -0.356 e. The van der Waals surface area contributed by atoms with E-state index < -0.39 is 0 Å². The number of hydrogen-bond acceptors (Lipinski definition) is 5. The van der Waals surface area contributed by atoms with E-state index in [1.165, 1.54) is 25.7 Å². The van der Waals surface area contributed by atoms with Crippen molar-refractivity contribution in [3.63, 3.8) is 0 Å². The van der Waals surface area contributed by atoms with Crippen LogP contribution in [0.2, 0.25) is 0 Å². The number of rotatable bonds is 4. The normalized spacial score (nSPS) is 19.2. The van der Waals surface area contributed by atoms with Gasteiger partial charge in [-0.25, -0.2) is 9.78 Å². The van der Waals surface area contributed by atoms with Gasteiger partial charge in [-0.05, 0) is 37.2 Å². The third-order valence-electron chi connectivity index (χ3n) is 7.07. The molecule has 0 atom stereocenters. The van der Waals surface area contributed by atoms with Crippen LogP contribution in [-0.2, 0) is 19.5 Å². The summed E-state index contributed by atoms with van der Waals surface area (Å²) in [6.45, 7) is 8.31. The third kappa shape index (κ3) is 4.52. The second-order valence-electron chi connectivity index (χ2n) is 9.45. The summed E-state index contributed by atoms with van der Waals surface area (Å²) in [5.74, 6) is 2.73. The fourth-order valence-corrected chi connectivity index (χ4v) is 4.98. The largest absolute Gasteiger partial charge is 0.356 e. The molecule has 2 fully saturated rings. The van der Waals surface area contributed by atoms with Gasteiger partial charge in [-0.15, -0.1) is 0 Å². The average Bonchev–Trinajstić information content (AvgIpc) is 3.37. The molecule has 5 rings (SSSR count). The molecule has 0 spiro atoms. The number of carbonyl (C=O) groups is 1. The van der Waals surface area contributed by atoms with Gasteiger partial charge >= 0.3 is 6.03 Å². The molecule has 3 aliphatic heterocycles. The van der Waals surface area contributed by atoms with E-state index in [2.05, 4.69) is 22.0 Å². The molecule has 0 unspecified atom stereocenters. The maximum atomic E-state index is 12.9. The Kier molecular flexibility index (Phi) is 6.14. The number of amides is 2. The maximum absolute atomic E-state index is 12.9. The molecule has 2 aromatic rings. The highest BCUT2D eigenvalue weighted by atomic mass is 16.2. The van der Waals surface area contributed by atoms with Crippen molar-refractivity contribution < 1.29 is 4.79 Å². The number of nitrogens with zero attached hydrogens (tertiary/aromatic N) is 5. The van der Waals surface area contributed by atoms with E-state index in [-0.39, 0.29) is 6.03 Å². The average molecular weight is 435 g/mol. The predicted octanol–water partition coefficient (Wildman–Crippen LogP) is 3.58. The number of aromatic nitrogens is 2. The van der Waals surface area contributed by atoms with Crippen LogP contribution in [0, 0.1) is 5.92 Å². The molecular formula is C25H34N6O. The first-order valence-corrected chi connectivity index (χ1v) is 12.1. The van der Waals surface area contributed by atoms with Crippen LogP contribution in [0.3, 0.4) is 0 Å².